The van der Waals surface area contributed by atoms with Crippen LogP contribution >= 0.6 is 12.2 Å². The van der Waals surface area contributed by atoms with Crippen molar-refractivity contribution in [2.75, 3.05) is 5.32 Å². The molecule has 0 spiro atoms. The van der Waals surface area contributed by atoms with Gasteiger partial charge in [0.2, 0.25) is 10.7 Å². The van der Waals surface area contributed by atoms with Crippen LogP contribution in [0, 0.1) is 11.7 Å². The first-order valence-electron chi connectivity index (χ1n) is 11.5. The molecule has 0 atom stereocenters. The predicted molar refractivity (Wildman–Crippen MR) is 142 cm³/mol. The van der Waals surface area contributed by atoms with Crippen LogP contribution in [-0.4, -0.2) is 20.3 Å². The molecule has 0 aliphatic carbocycles. The Labute approximate surface area is 211 Å². The van der Waals surface area contributed by atoms with Gasteiger partial charge in [0.15, 0.2) is 5.82 Å². The molecule has 0 saturated carbocycles. The first-order valence-corrected chi connectivity index (χ1v) is 12.0. The number of anilines is 1. The standard InChI is InChI=1S/C28H30N4O2S/c1-20-9-8-12-23(17-20)32-25(19-34-24-15-13-21(14-16-24)28(2,3)4)30-31(27(32)35)18-26(33)29-22-10-6-5-7-11-22/h5-17H,18-19H2,1-4H3,(H,29,33). The van der Waals surface area contributed by atoms with Crippen molar-refractivity contribution in [3.05, 3.63) is 101 Å². The maximum Gasteiger partial charge on any atom is 0.246 e. The zero-order chi connectivity index (χ0) is 25.0. The van der Waals surface area contributed by atoms with E-state index in [2.05, 4.69) is 43.3 Å². The van der Waals surface area contributed by atoms with Gasteiger partial charge in [-0.05, 0) is 72.1 Å². The highest BCUT2D eigenvalue weighted by Gasteiger charge is 2.17. The van der Waals surface area contributed by atoms with Crippen molar-refractivity contribution in [3.63, 3.8) is 0 Å². The van der Waals surface area contributed by atoms with Crippen LogP contribution in [0.3, 0.4) is 0 Å². The second kappa shape index (κ2) is 10.3. The van der Waals surface area contributed by atoms with Gasteiger partial charge in [-0.1, -0.05) is 63.2 Å². The van der Waals surface area contributed by atoms with Crippen molar-refractivity contribution >= 4 is 23.8 Å². The van der Waals surface area contributed by atoms with Gasteiger partial charge < -0.3 is 10.1 Å². The quantitative estimate of drug-likeness (QED) is 0.315. The number of aryl methyl sites for hydroxylation is 1. The molecule has 1 aromatic heterocycles. The number of carbonyl (C=O) groups excluding carboxylic acids is 1. The molecule has 0 aliphatic heterocycles. The van der Waals surface area contributed by atoms with E-state index in [1.54, 1.807) is 0 Å². The lowest BCUT2D eigenvalue weighted by Gasteiger charge is -2.19. The number of amides is 1. The summed E-state index contributed by atoms with van der Waals surface area (Å²) in [6.45, 7) is 8.77. The molecule has 180 valence electrons. The van der Waals surface area contributed by atoms with Gasteiger partial charge in [-0.25, -0.2) is 4.68 Å². The molecule has 1 heterocycles. The summed E-state index contributed by atoms with van der Waals surface area (Å²) in [5.41, 5.74) is 4.02. The Bertz CT molecular complexity index is 1370. The molecule has 1 N–H and O–H groups in total. The molecule has 7 heteroatoms. The van der Waals surface area contributed by atoms with Crippen LogP contribution in [0.25, 0.3) is 5.69 Å². The van der Waals surface area contributed by atoms with Crippen LogP contribution in [0.1, 0.15) is 37.7 Å². The first kappa shape index (κ1) is 24.4. The van der Waals surface area contributed by atoms with Crippen LogP contribution in [-0.2, 0) is 23.4 Å². The molecule has 3 aromatic carbocycles. The number of ether oxygens (including phenoxy) is 1. The van der Waals surface area contributed by atoms with E-state index in [0.29, 0.717) is 10.6 Å². The normalized spacial score (nSPS) is 11.3. The zero-order valence-electron chi connectivity index (χ0n) is 20.5. The molecular weight excluding hydrogens is 456 g/mol. The molecule has 35 heavy (non-hydrogen) atoms. The van der Waals surface area contributed by atoms with E-state index in [-0.39, 0.29) is 24.5 Å². The molecule has 0 unspecified atom stereocenters. The molecule has 0 saturated heterocycles. The van der Waals surface area contributed by atoms with Gasteiger partial charge in [-0.2, -0.15) is 5.10 Å². The molecular formula is C28H30N4O2S. The topological polar surface area (TPSA) is 61.1 Å². The Morgan fingerprint density at radius 2 is 1.71 bits per heavy atom. The van der Waals surface area contributed by atoms with Crippen LogP contribution in [0.5, 0.6) is 5.75 Å². The fourth-order valence-corrected chi connectivity index (χ4v) is 4.05. The van der Waals surface area contributed by atoms with Crippen molar-refractivity contribution in [1.82, 2.24) is 14.3 Å². The van der Waals surface area contributed by atoms with Gasteiger partial charge in [0.25, 0.3) is 0 Å². The average Bonchev–Trinajstić information content (AvgIpc) is 3.12. The summed E-state index contributed by atoms with van der Waals surface area (Å²) in [6.07, 6.45) is 0. The fraction of sp³-hybridized carbons (Fsp3) is 0.250. The number of hydrogen-bond acceptors (Lipinski definition) is 4. The first-order chi connectivity index (χ1) is 16.7. The molecule has 0 radical (unpaired) electrons. The molecule has 0 bridgehead atoms. The maximum atomic E-state index is 12.7. The van der Waals surface area contributed by atoms with Crippen LogP contribution in [0.4, 0.5) is 5.69 Å². The lowest BCUT2D eigenvalue weighted by atomic mass is 9.87. The minimum Gasteiger partial charge on any atom is -0.486 e. The number of carbonyl (C=O) groups is 1. The highest BCUT2D eigenvalue weighted by atomic mass is 32.1. The van der Waals surface area contributed by atoms with E-state index in [1.807, 2.05) is 78.2 Å². The second-order valence-electron chi connectivity index (χ2n) is 9.51. The van der Waals surface area contributed by atoms with Crippen molar-refractivity contribution in [1.29, 1.82) is 0 Å². The number of aromatic nitrogens is 3. The summed E-state index contributed by atoms with van der Waals surface area (Å²) in [4.78, 5) is 12.7. The van der Waals surface area contributed by atoms with Crippen molar-refractivity contribution in [2.24, 2.45) is 0 Å². The molecule has 0 aliphatic rings. The highest BCUT2D eigenvalue weighted by molar-refractivity contribution is 7.71. The second-order valence-corrected chi connectivity index (χ2v) is 9.87. The predicted octanol–water partition coefficient (Wildman–Crippen LogP) is 6.23. The fourth-order valence-electron chi connectivity index (χ4n) is 3.73. The minimum absolute atomic E-state index is 0.000176. The number of benzene rings is 3. The largest absolute Gasteiger partial charge is 0.486 e. The van der Waals surface area contributed by atoms with Gasteiger partial charge >= 0.3 is 0 Å². The van der Waals surface area contributed by atoms with E-state index < -0.39 is 0 Å². The number of rotatable bonds is 7. The third-order valence-corrected chi connectivity index (χ3v) is 6.00. The smallest absolute Gasteiger partial charge is 0.246 e. The van der Waals surface area contributed by atoms with Crippen molar-refractivity contribution in [3.8, 4) is 11.4 Å². The van der Waals surface area contributed by atoms with Gasteiger partial charge in [-0.15, -0.1) is 0 Å². The number of para-hydroxylation sites is 1. The number of nitrogens with one attached hydrogen (secondary N) is 1. The van der Waals surface area contributed by atoms with E-state index in [1.165, 1.54) is 10.2 Å². The van der Waals surface area contributed by atoms with Crippen molar-refractivity contribution < 1.29 is 9.53 Å². The third kappa shape index (κ3) is 6.05. The van der Waals surface area contributed by atoms with Crippen molar-refractivity contribution in [2.45, 2.75) is 46.3 Å². The van der Waals surface area contributed by atoms with Gasteiger partial charge in [0.05, 0.1) is 5.69 Å². The summed E-state index contributed by atoms with van der Waals surface area (Å²) in [7, 11) is 0. The van der Waals surface area contributed by atoms with Gasteiger partial charge in [0.1, 0.15) is 18.9 Å². The monoisotopic (exact) mass is 486 g/mol. The summed E-state index contributed by atoms with van der Waals surface area (Å²) in [5.74, 6) is 1.16. The summed E-state index contributed by atoms with van der Waals surface area (Å²) in [5, 5.41) is 7.54. The third-order valence-electron chi connectivity index (χ3n) is 5.61. The van der Waals surface area contributed by atoms with E-state index in [0.717, 1.165) is 22.7 Å². The Morgan fingerprint density at radius 1 is 1.00 bits per heavy atom. The average molecular weight is 487 g/mol. The molecule has 4 rings (SSSR count). The highest BCUT2D eigenvalue weighted by Crippen LogP contribution is 2.25. The summed E-state index contributed by atoms with van der Waals surface area (Å²) < 4.78 is 9.91. The lowest BCUT2D eigenvalue weighted by molar-refractivity contribution is -0.116. The Kier molecular flexibility index (Phi) is 7.17. The summed E-state index contributed by atoms with van der Waals surface area (Å²) in [6, 6.07) is 25.4. The SMILES string of the molecule is Cc1cccc(-n2c(COc3ccc(C(C)(C)C)cc3)nn(CC(=O)Nc3ccccc3)c2=S)c1. The number of hydrogen-bond donors (Lipinski definition) is 1. The molecule has 1 amide bonds. The van der Waals surface area contributed by atoms with E-state index in [4.69, 9.17) is 17.0 Å². The molecule has 6 nitrogen and oxygen atoms in total. The minimum atomic E-state index is -0.202. The van der Waals surface area contributed by atoms with Crippen LogP contribution in [0.2, 0.25) is 0 Å². The zero-order valence-corrected chi connectivity index (χ0v) is 21.3. The lowest BCUT2D eigenvalue weighted by Crippen LogP contribution is -2.19. The van der Waals surface area contributed by atoms with Crippen LogP contribution in [0.15, 0.2) is 78.9 Å². The van der Waals surface area contributed by atoms with E-state index in [9.17, 15) is 4.79 Å². The Balaban J connectivity index is 1.60. The number of nitrogens with zero attached hydrogens (tertiary/aromatic N) is 3. The van der Waals surface area contributed by atoms with Gasteiger partial charge in [0, 0.05) is 5.69 Å². The Hall–Kier alpha value is -3.71. The maximum absolute atomic E-state index is 12.7. The molecule has 0 fully saturated rings. The van der Waals surface area contributed by atoms with E-state index >= 15 is 0 Å². The Morgan fingerprint density at radius 3 is 2.37 bits per heavy atom. The van der Waals surface area contributed by atoms with Crippen LogP contribution < -0.4 is 10.1 Å². The summed E-state index contributed by atoms with van der Waals surface area (Å²) >= 11 is 5.74. The van der Waals surface area contributed by atoms with Gasteiger partial charge in [-0.3, -0.25) is 9.36 Å². The molecule has 4 aromatic rings.